The topological polar surface area (TPSA) is 61.8 Å². The van der Waals surface area contributed by atoms with Crippen LogP contribution in [0.4, 0.5) is 5.69 Å². The van der Waals surface area contributed by atoms with Crippen molar-refractivity contribution in [3.05, 3.63) is 28.2 Å². The van der Waals surface area contributed by atoms with Crippen LogP contribution in [0.2, 0.25) is 0 Å². The predicted molar refractivity (Wildman–Crippen MR) is 81.9 cm³/mol. The first-order valence-electron chi connectivity index (χ1n) is 6.80. The number of hydrogen-bond donors (Lipinski definition) is 2. The molecule has 1 fully saturated rings. The summed E-state index contributed by atoms with van der Waals surface area (Å²) in [5, 5.41) is 12.9. The first kappa shape index (κ1) is 14.4. The van der Waals surface area contributed by atoms with Crippen molar-refractivity contribution in [3.8, 4) is 6.07 Å². The van der Waals surface area contributed by atoms with Gasteiger partial charge in [0.15, 0.2) is 0 Å². The number of hydrogen-bond acceptors (Lipinski definition) is 3. The Labute approximate surface area is 123 Å². The van der Waals surface area contributed by atoms with Crippen LogP contribution in [0, 0.1) is 17.2 Å². The average molecular weight is 322 g/mol. The minimum atomic E-state index is -0.0787. The number of benzene rings is 1. The summed E-state index contributed by atoms with van der Waals surface area (Å²) >= 11 is 3.43. The Morgan fingerprint density at radius 3 is 2.95 bits per heavy atom. The highest BCUT2D eigenvalue weighted by atomic mass is 79.9. The maximum atomic E-state index is 9.30. The smallest absolute Gasteiger partial charge is 0.103 e. The van der Waals surface area contributed by atoms with Crippen LogP contribution in [0.3, 0.4) is 0 Å². The van der Waals surface area contributed by atoms with Crippen molar-refractivity contribution in [1.82, 2.24) is 0 Å². The molecule has 4 heteroatoms. The number of halogens is 1. The number of nitriles is 1. The zero-order chi connectivity index (χ0) is 13.9. The summed E-state index contributed by atoms with van der Waals surface area (Å²) in [5.41, 5.74) is 7.52. The van der Waals surface area contributed by atoms with Crippen LogP contribution in [0.5, 0.6) is 0 Å². The number of anilines is 1. The standard InChI is InChI=1S/C15H20BrN3/c1-11-5-2-3-8-15(11,10-18)19-14-7-4-6-13(16)12(14)9-17/h4,6-7,11,19H,2-3,5,8,10,18H2,1H3. The summed E-state index contributed by atoms with van der Waals surface area (Å²) < 4.78 is 0.829. The first-order chi connectivity index (χ1) is 9.13. The van der Waals surface area contributed by atoms with Gasteiger partial charge < -0.3 is 11.1 Å². The van der Waals surface area contributed by atoms with E-state index in [9.17, 15) is 5.26 Å². The molecule has 0 amide bonds. The van der Waals surface area contributed by atoms with Gasteiger partial charge in [0, 0.05) is 11.0 Å². The lowest BCUT2D eigenvalue weighted by Crippen LogP contribution is -2.52. The fourth-order valence-corrected chi connectivity index (χ4v) is 3.42. The first-order valence-corrected chi connectivity index (χ1v) is 7.59. The van der Waals surface area contributed by atoms with Crippen molar-refractivity contribution >= 4 is 21.6 Å². The highest BCUT2D eigenvalue weighted by molar-refractivity contribution is 9.10. The third kappa shape index (κ3) is 2.77. The Kier molecular flexibility index (Phi) is 4.49. The number of nitrogens with two attached hydrogens (primary N) is 1. The Morgan fingerprint density at radius 2 is 2.32 bits per heavy atom. The molecule has 1 aliphatic rings. The largest absolute Gasteiger partial charge is 0.377 e. The number of nitrogens with zero attached hydrogens (tertiary/aromatic N) is 1. The van der Waals surface area contributed by atoms with Crippen LogP contribution in [0.15, 0.2) is 22.7 Å². The second-order valence-corrected chi connectivity index (χ2v) is 6.26. The van der Waals surface area contributed by atoms with Crippen molar-refractivity contribution < 1.29 is 0 Å². The summed E-state index contributed by atoms with van der Waals surface area (Å²) in [5.74, 6) is 0.525. The molecule has 0 bridgehead atoms. The maximum Gasteiger partial charge on any atom is 0.103 e. The molecule has 0 spiro atoms. The lowest BCUT2D eigenvalue weighted by atomic mass is 9.73. The van der Waals surface area contributed by atoms with Crippen LogP contribution in [-0.4, -0.2) is 12.1 Å². The van der Waals surface area contributed by atoms with E-state index in [1.165, 1.54) is 19.3 Å². The van der Waals surface area contributed by atoms with Gasteiger partial charge in [-0.1, -0.05) is 25.8 Å². The molecular weight excluding hydrogens is 302 g/mol. The van der Waals surface area contributed by atoms with Crippen molar-refractivity contribution in [2.75, 3.05) is 11.9 Å². The van der Waals surface area contributed by atoms with E-state index < -0.39 is 0 Å². The lowest BCUT2D eigenvalue weighted by molar-refractivity contribution is 0.235. The molecule has 102 valence electrons. The second-order valence-electron chi connectivity index (χ2n) is 5.41. The third-order valence-electron chi connectivity index (χ3n) is 4.33. The highest BCUT2D eigenvalue weighted by Crippen LogP contribution is 2.37. The van der Waals surface area contributed by atoms with Gasteiger partial charge in [-0.05, 0) is 46.8 Å². The lowest BCUT2D eigenvalue weighted by Gasteiger charge is -2.43. The molecule has 19 heavy (non-hydrogen) atoms. The Balaban J connectivity index is 2.33. The van der Waals surface area contributed by atoms with Gasteiger partial charge in [-0.3, -0.25) is 0 Å². The van der Waals surface area contributed by atoms with Gasteiger partial charge in [0.25, 0.3) is 0 Å². The molecular formula is C15H20BrN3. The molecule has 0 radical (unpaired) electrons. The second kappa shape index (κ2) is 5.94. The summed E-state index contributed by atoms with van der Waals surface area (Å²) in [4.78, 5) is 0. The molecule has 3 N–H and O–H groups in total. The molecule has 2 rings (SSSR count). The van der Waals surface area contributed by atoms with Gasteiger partial charge in [0.2, 0.25) is 0 Å². The zero-order valence-corrected chi connectivity index (χ0v) is 12.8. The zero-order valence-electron chi connectivity index (χ0n) is 11.2. The SMILES string of the molecule is CC1CCCCC1(CN)Nc1cccc(Br)c1C#N. The van der Waals surface area contributed by atoms with Crippen LogP contribution in [-0.2, 0) is 0 Å². The molecule has 0 aromatic heterocycles. The molecule has 0 aliphatic heterocycles. The van der Waals surface area contributed by atoms with Gasteiger partial charge in [-0.15, -0.1) is 0 Å². The summed E-state index contributed by atoms with van der Waals surface area (Å²) in [7, 11) is 0. The molecule has 1 aromatic carbocycles. The van der Waals surface area contributed by atoms with E-state index in [2.05, 4.69) is 34.2 Å². The fourth-order valence-electron chi connectivity index (χ4n) is 2.96. The van der Waals surface area contributed by atoms with Crippen LogP contribution in [0.25, 0.3) is 0 Å². The van der Waals surface area contributed by atoms with E-state index in [1.54, 1.807) is 0 Å². The van der Waals surface area contributed by atoms with Crippen molar-refractivity contribution in [2.24, 2.45) is 11.7 Å². The van der Waals surface area contributed by atoms with Gasteiger partial charge in [-0.2, -0.15) is 5.26 Å². The molecule has 1 aromatic rings. The molecule has 2 atom stereocenters. The number of rotatable bonds is 3. The van der Waals surface area contributed by atoms with Gasteiger partial charge >= 0.3 is 0 Å². The van der Waals surface area contributed by atoms with Crippen molar-refractivity contribution in [1.29, 1.82) is 5.26 Å². The molecule has 0 saturated heterocycles. The van der Waals surface area contributed by atoms with E-state index >= 15 is 0 Å². The fraction of sp³-hybridized carbons (Fsp3) is 0.533. The maximum absolute atomic E-state index is 9.30. The minimum Gasteiger partial charge on any atom is -0.377 e. The molecule has 1 aliphatic carbocycles. The Morgan fingerprint density at radius 1 is 1.53 bits per heavy atom. The Bertz CT molecular complexity index is 495. The normalized spacial score (nSPS) is 26.7. The molecule has 1 saturated carbocycles. The summed E-state index contributed by atoms with van der Waals surface area (Å²) in [6.07, 6.45) is 4.74. The quantitative estimate of drug-likeness (QED) is 0.893. The van der Waals surface area contributed by atoms with Crippen LogP contribution >= 0.6 is 15.9 Å². The minimum absolute atomic E-state index is 0.0787. The highest BCUT2D eigenvalue weighted by Gasteiger charge is 2.37. The van der Waals surface area contributed by atoms with Gasteiger partial charge in [-0.25, -0.2) is 0 Å². The summed E-state index contributed by atoms with van der Waals surface area (Å²) in [6.45, 7) is 2.86. The van der Waals surface area contributed by atoms with Gasteiger partial charge in [0.1, 0.15) is 6.07 Å². The van der Waals surface area contributed by atoms with E-state index in [1.807, 2.05) is 18.2 Å². The van der Waals surface area contributed by atoms with Crippen LogP contribution < -0.4 is 11.1 Å². The predicted octanol–water partition coefficient (Wildman–Crippen LogP) is 3.64. The van der Waals surface area contributed by atoms with E-state index in [4.69, 9.17) is 5.73 Å². The summed E-state index contributed by atoms with van der Waals surface area (Å²) in [6, 6.07) is 8.06. The van der Waals surface area contributed by atoms with E-state index in [0.29, 0.717) is 18.0 Å². The number of nitrogens with one attached hydrogen (secondary N) is 1. The van der Waals surface area contributed by atoms with Crippen molar-refractivity contribution in [3.63, 3.8) is 0 Å². The van der Waals surface area contributed by atoms with Gasteiger partial charge in [0.05, 0.1) is 16.8 Å². The van der Waals surface area contributed by atoms with Crippen molar-refractivity contribution in [2.45, 2.75) is 38.1 Å². The molecule has 3 nitrogen and oxygen atoms in total. The molecule has 2 unspecified atom stereocenters. The Hall–Kier alpha value is -1.05. The van der Waals surface area contributed by atoms with E-state index in [0.717, 1.165) is 16.6 Å². The van der Waals surface area contributed by atoms with Crippen LogP contribution in [0.1, 0.15) is 38.2 Å². The average Bonchev–Trinajstić information content (AvgIpc) is 2.42. The monoisotopic (exact) mass is 321 g/mol. The molecule has 0 heterocycles. The third-order valence-corrected chi connectivity index (χ3v) is 4.99. The van der Waals surface area contributed by atoms with E-state index in [-0.39, 0.29) is 5.54 Å².